The molecule has 1 saturated heterocycles. The average molecular weight is 558 g/mol. The predicted molar refractivity (Wildman–Crippen MR) is 123 cm³/mol. The van der Waals surface area contributed by atoms with Crippen molar-refractivity contribution in [3.63, 3.8) is 0 Å². The number of pyridine rings is 2. The van der Waals surface area contributed by atoms with Crippen LogP contribution < -0.4 is 16.1 Å². The second-order valence-corrected chi connectivity index (χ2v) is 8.77. The van der Waals surface area contributed by atoms with Gasteiger partial charge in [0, 0.05) is 43.8 Å². The van der Waals surface area contributed by atoms with Crippen molar-refractivity contribution in [2.24, 2.45) is 5.73 Å². The van der Waals surface area contributed by atoms with Gasteiger partial charge < -0.3 is 15.4 Å². The maximum Gasteiger partial charge on any atom is 0.491 e. The molecule has 17 heteroatoms. The van der Waals surface area contributed by atoms with Gasteiger partial charge in [0.2, 0.25) is 11.3 Å². The summed E-state index contributed by atoms with van der Waals surface area (Å²) in [6, 6.07) is 0.341. The number of ether oxygens (including phenoxy) is 1. The number of fused-ring (bicyclic) bond motifs is 1. The maximum atomic E-state index is 15.1. The molecule has 0 unspecified atom stereocenters. The van der Waals surface area contributed by atoms with E-state index in [2.05, 4.69) is 14.7 Å². The summed E-state index contributed by atoms with van der Waals surface area (Å²) in [7, 11) is 1.31. The molecule has 0 spiro atoms. The van der Waals surface area contributed by atoms with E-state index in [-0.39, 0.29) is 48.6 Å². The van der Waals surface area contributed by atoms with Crippen molar-refractivity contribution in [2.75, 3.05) is 31.6 Å². The minimum absolute atomic E-state index is 0.0480. The Hall–Kier alpha value is -3.96. The molecule has 0 radical (unpaired) electrons. The van der Waals surface area contributed by atoms with Gasteiger partial charge in [-0.1, -0.05) is 0 Å². The number of esters is 2. The van der Waals surface area contributed by atoms with Crippen LogP contribution in [0.1, 0.15) is 16.8 Å². The number of carbonyl (C=O) groups is 3. The number of nitrogens with two attached hydrogens (primary N) is 1. The number of hydrogen-bond donors (Lipinski definition) is 1. The first-order valence-electron chi connectivity index (χ1n) is 10.8. The Bertz CT molecular complexity index is 1460. The van der Waals surface area contributed by atoms with Gasteiger partial charge >= 0.3 is 18.1 Å². The van der Waals surface area contributed by atoms with Crippen LogP contribution in [0.5, 0.6) is 0 Å². The number of nitrogens with zero attached hydrogens (tertiary/aromatic N) is 5. The van der Waals surface area contributed by atoms with Gasteiger partial charge in [0.15, 0.2) is 22.4 Å². The number of thiazole rings is 1. The van der Waals surface area contributed by atoms with Gasteiger partial charge in [-0.15, -0.1) is 11.3 Å². The molecule has 0 aliphatic carbocycles. The Kier molecular flexibility index (Phi) is 7.43. The van der Waals surface area contributed by atoms with Crippen LogP contribution in [-0.2, 0) is 19.2 Å². The lowest BCUT2D eigenvalue weighted by molar-refractivity contribution is -0.193. The molecule has 0 aromatic carbocycles. The molecule has 4 heterocycles. The van der Waals surface area contributed by atoms with E-state index in [4.69, 9.17) is 10.6 Å². The van der Waals surface area contributed by atoms with E-state index in [1.54, 1.807) is 0 Å². The van der Waals surface area contributed by atoms with Crippen LogP contribution in [0.4, 0.5) is 23.4 Å². The smallest absolute Gasteiger partial charge is 0.382 e. The van der Waals surface area contributed by atoms with E-state index >= 15 is 4.39 Å². The molecule has 1 amide bonds. The monoisotopic (exact) mass is 558 g/mol. The normalized spacial score (nSPS) is 13.9. The number of carbonyl (C=O) groups excluding carboxylic acids is 3. The van der Waals surface area contributed by atoms with Crippen molar-refractivity contribution in [1.82, 2.24) is 19.6 Å². The van der Waals surface area contributed by atoms with Crippen LogP contribution in [0.3, 0.4) is 0 Å². The van der Waals surface area contributed by atoms with Gasteiger partial charge in [0.25, 0.3) is 0 Å². The number of hydrogen-bond acceptors (Lipinski definition) is 11. The van der Waals surface area contributed by atoms with Crippen LogP contribution in [0.2, 0.25) is 0 Å². The summed E-state index contributed by atoms with van der Waals surface area (Å²) in [5.41, 5.74) is 3.09. The number of hydroxylamine groups is 2. The summed E-state index contributed by atoms with van der Waals surface area (Å²) < 4.78 is 57.7. The minimum atomic E-state index is -5.48. The van der Waals surface area contributed by atoms with Gasteiger partial charge in [-0.05, 0) is 6.07 Å². The topological polar surface area (TPSA) is 150 Å². The van der Waals surface area contributed by atoms with Crippen molar-refractivity contribution >= 4 is 46.0 Å². The van der Waals surface area contributed by atoms with Gasteiger partial charge in [0.05, 0.1) is 18.5 Å². The zero-order valence-corrected chi connectivity index (χ0v) is 20.2. The van der Waals surface area contributed by atoms with Gasteiger partial charge in [-0.25, -0.2) is 29.0 Å². The molecule has 3 aromatic rings. The average Bonchev–Trinajstić information content (AvgIpc) is 3.36. The quantitative estimate of drug-likeness (QED) is 0.194. The fourth-order valence-corrected chi connectivity index (χ4v) is 4.34. The Morgan fingerprint density at radius 3 is 2.58 bits per heavy atom. The Balaban J connectivity index is 1.73. The van der Waals surface area contributed by atoms with Crippen molar-refractivity contribution < 1.29 is 41.5 Å². The molecule has 202 valence electrons. The zero-order chi connectivity index (χ0) is 27.8. The van der Waals surface area contributed by atoms with Crippen LogP contribution >= 0.6 is 11.3 Å². The number of amides is 1. The Morgan fingerprint density at radius 1 is 1.29 bits per heavy atom. The fourth-order valence-electron chi connectivity index (χ4n) is 3.72. The Labute approximate surface area is 214 Å². The molecular formula is C21H18F4N6O6S. The molecule has 3 aromatic heterocycles. The van der Waals surface area contributed by atoms with Crippen molar-refractivity contribution in [2.45, 2.75) is 18.6 Å². The molecule has 2 N–H and O–H groups in total. The van der Waals surface area contributed by atoms with Crippen molar-refractivity contribution in [3.8, 4) is 5.13 Å². The zero-order valence-electron chi connectivity index (χ0n) is 19.4. The van der Waals surface area contributed by atoms with E-state index in [1.165, 1.54) is 23.6 Å². The summed E-state index contributed by atoms with van der Waals surface area (Å²) in [4.78, 5) is 63.4. The Morgan fingerprint density at radius 2 is 2.00 bits per heavy atom. The third-order valence-electron chi connectivity index (χ3n) is 5.47. The van der Waals surface area contributed by atoms with Gasteiger partial charge in [-0.2, -0.15) is 13.2 Å². The molecule has 1 aliphatic rings. The van der Waals surface area contributed by atoms with Crippen LogP contribution in [0.15, 0.2) is 28.6 Å². The second-order valence-electron chi connectivity index (χ2n) is 7.90. The standard InChI is InChI=1S/C21H18F4N6O6S/c1-36-31(14(32)2-3-26)10-7-29(8-10)17-13(22)6-11-15(33)12(18(34)37-19(35)21(23,24)25)9-30(16(11)28-17)20-27-4-5-38-20/h4-6,9-10H,2-3,7-8,26H2,1H3. The number of rotatable bonds is 7. The first kappa shape index (κ1) is 27.1. The number of aromatic nitrogens is 3. The highest BCUT2D eigenvalue weighted by molar-refractivity contribution is 7.12. The molecule has 1 fully saturated rings. The minimum Gasteiger partial charge on any atom is -0.382 e. The van der Waals surface area contributed by atoms with E-state index in [1.807, 2.05) is 0 Å². The summed E-state index contributed by atoms with van der Waals surface area (Å²) in [6.45, 7) is 0.375. The van der Waals surface area contributed by atoms with E-state index in [0.29, 0.717) is 0 Å². The van der Waals surface area contributed by atoms with Gasteiger partial charge in [0.1, 0.15) is 5.56 Å². The third-order valence-corrected chi connectivity index (χ3v) is 6.24. The van der Waals surface area contributed by atoms with Gasteiger partial charge in [-0.3, -0.25) is 19.0 Å². The highest BCUT2D eigenvalue weighted by atomic mass is 32.1. The lowest BCUT2D eigenvalue weighted by Crippen LogP contribution is -2.61. The van der Waals surface area contributed by atoms with E-state index in [9.17, 15) is 32.3 Å². The van der Waals surface area contributed by atoms with Crippen molar-refractivity contribution in [3.05, 3.63) is 45.4 Å². The maximum absolute atomic E-state index is 15.1. The second kappa shape index (κ2) is 10.4. The SMILES string of the molecule is CON(C(=O)CCN)C1CN(c2nc3c(cc2F)c(=O)c(C(=O)OC(=O)C(F)(F)F)cn3-c2nccs2)C1. The first-order chi connectivity index (χ1) is 18.0. The number of halogens is 4. The molecule has 0 saturated carbocycles. The number of alkyl halides is 3. The molecule has 0 atom stereocenters. The molecular weight excluding hydrogens is 540 g/mol. The lowest BCUT2D eigenvalue weighted by atomic mass is 10.1. The summed E-state index contributed by atoms with van der Waals surface area (Å²) in [5, 5.41) is 2.33. The molecule has 38 heavy (non-hydrogen) atoms. The fraction of sp³-hybridized carbons (Fsp3) is 0.333. The van der Waals surface area contributed by atoms with E-state index < -0.39 is 46.4 Å². The third kappa shape index (κ3) is 5.07. The number of anilines is 1. The predicted octanol–water partition coefficient (Wildman–Crippen LogP) is 1.15. The first-order valence-corrected chi connectivity index (χ1v) is 11.6. The van der Waals surface area contributed by atoms with Crippen LogP contribution in [0, 0.1) is 5.82 Å². The molecule has 4 rings (SSSR count). The molecule has 12 nitrogen and oxygen atoms in total. The summed E-state index contributed by atoms with van der Waals surface area (Å²) in [5.74, 6) is -6.21. The highest BCUT2D eigenvalue weighted by Crippen LogP contribution is 2.29. The van der Waals surface area contributed by atoms with Crippen LogP contribution in [0.25, 0.3) is 16.2 Å². The highest BCUT2D eigenvalue weighted by Gasteiger charge is 2.43. The molecule has 1 aliphatic heterocycles. The summed E-state index contributed by atoms with van der Waals surface area (Å²) in [6.07, 6.45) is -3.24. The molecule has 0 bridgehead atoms. The van der Waals surface area contributed by atoms with Crippen molar-refractivity contribution in [1.29, 1.82) is 0 Å². The summed E-state index contributed by atoms with van der Waals surface area (Å²) >= 11 is 1.02. The van der Waals surface area contributed by atoms with E-state index in [0.717, 1.165) is 33.2 Å². The van der Waals surface area contributed by atoms with Crippen LogP contribution in [-0.4, -0.2) is 76.4 Å². The lowest BCUT2D eigenvalue weighted by Gasteiger charge is -2.44. The largest absolute Gasteiger partial charge is 0.491 e.